The van der Waals surface area contributed by atoms with Gasteiger partial charge in [0.05, 0.1) is 28.9 Å². The first-order valence-electron chi connectivity index (χ1n) is 9.98. The van der Waals surface area contributed by atoms with Crippen LogP contribution in [0, 0.1) is 6.92 Å². The zero-order valence-electron chi connectivity index (χ0n) is 17.6. The summed E-state index contributed by atoms with van der Waals surface area (Å²) in [5.74, 6) is -0.266. The molecule has 32 heavy (non-hydrogen) atoms. The molecule has 160 valence electrons. The van der Waals surface area contributed by atoms with Crippen molar-refractivity contribution >= 4 is 34.3 Å². The molecule has 0 aliphatic heterocycles. The van der Waals surface area contributed by atoms with Gasteiger partial charge in [0.1, 0.15) is 5.75 Å². The van der Waals surface area contributed by atoms with Gasteiger partial charge in [0.2, 0.25) is 0 Å². The van der Waals surface area contributed by atoms with Crippen molar-refractivity contribution < 1.29 is 19.1 Å². The number of methoxy groups -OCH3 is 1. The van der Waals surface area contributed by atoms with E-state index in [-0.39, 0.29) is 12.4 Å². The highest BCUT2D eigenvalue weighted by Crippen LogP contribution is 2.33. The van der Waals surface area contributed by atoms with E-state index in [1.54, 1.807) is 49.6 Å². The Morgan fingerprint density at radius 1 is 0.938 bits per heavy atom. The van der Waals surface area contributed by atoms with Gasteiger partial charge in [-0.25, -0.2) is 9.78 Å². The Bertz CT molecular complexity index is 1300. The standard InChI is InChI=1S/C26H20ClNO4/c1-16-23(26(30)32-15-22(29)17-11-13-19(31-2)14-12-17)20-9-6-10-21(27)25(20)28-24(16)18-7-4-3-5-8-18/h3-14H,15H2,1-2H3. The van der Waals surface area contributed by atoms with Gasteiger partial charge in [-0.1, -0.05) is 54.1 Å². The quantitative estimate of drug-likeness (QED) is 0.272. The number of carbonyl (C=O) groups excluding carboxylic acids is 2. The van der Waals surface area contributed by atoms with Crippen LogP contribution in [0.1, 0.15) is 26.3 Å². The van der Waals surface area contributed by atoms with E-state index < -0.39 is 5.97 Å². The molecule has 5 nitrogen and oxygen atoms in total. The number of hydrogen-bond donors (Lipinski definition) is 0. The third-order valence-corrected chi connectivity index (χ3v) is 5.51. The normalized spacial score (nSPS) is 10.7. The molecule has 0 atom stereocenters. The van der Waals surface area contributed by atoms with Crippen molar-refractivity contribution in [2.24, 2.45) is 0 Å². The maximum absolute atomic E-state index is 13.1. The average molecular weight is 446 g/mol. The van der Waals surface area contributed by atoms with E-state index in [0.29, 0.717) is 44.1 Å². The minimum Gasteiger partial charge on any atom is -0.497 e. The van der Waals surface area contributed by atoms with E-state index in [1.165, 1.54) is 0 Å². The molecule has 0 saturated heterocycles. The Kier molecular flexibility index (Phi) is 6.19. The fourth-order valence-corrected chi connectivity index (χ4v) is 3.77. The lowest BCUT2D eigenvalue weighted by molar-refractivity contribution is 0.0476. The summed E-state index contributed by atoms with van der Waals surface area (Å²) in [6.07, 6.45) is 0. The number of pyridine rings is 1. The van der Waals surface area contributed by atoms with Crippen LogP contribution in [0.5, 0.6) is 5.75 Å². The van der Waals surface area contributed by atoms with Gasteiger partial charge in [-0.3, -0.25) is 4.79 Å². The lowest BCUT2D eigenvalue weighted by Gasteiger charge is -2.15. The van der Waals surface area contributed by atoms with Gasteiger partial charge >= 0.3 is 5.97 Å². The lowest BCUT2D eigenvalue weighted by Crippen LogP contribution is -2.16. The Morgan fingerprint density at radius 3 is 2.34 bits per heavy atom. The maximum Gasteiger partial charge on any atom is 0.339 e. The Morgan fingerprint density at radius 2 is 1.66 bits per heavy atom. The van der Waals surface area contributed by atoms with Crippen LogP contribution in [0.15, 0.2) is 72.8 Å². The van der Waals surface area contributed by atoms with Crippen LogP contribution in [0.4, 0.5) is 0 Å². The lowest BCUT2D eigenvalue weighted by atomic mass is 9.98. The minimum atomic E-state index is -0.601. The van der Waals surface area contributed by atoms with Gasteiger partial charge in [0, 0.05) is 16.5 Å². The number of benzene rings is 3. The Hall–Kier alpha value is -3.70. The van der Waals surface area contributed by atoms with Crippen molar-refractivity contribution in [3.8, 4) is 17.0 Å². The molecule has 0 saturated carbocycles. The predicted molar refractivity (Wildman–Crippen MR) is 125 cm³/mol. The molecule has 0 aliphatic rings. The molecule has 0 aliphatic carbocycles. The zero-order valence-corrected chi connectivity index (χ0v) is 18.3. The van der Waals surface area contributed by atoms with Gasteiger partial charge in [-0.05, 0) is 42.8 Å². The van der Waals surface area contributed by atoms with E-state index in [4.69, 9.17) is 26.1 Å². The summed E-state index contributed by atoms with van der Waals surface area (Å²) < 4.78 is 10.5. The number of rotatable bonds is 6. The van der Waals surface area contributed by atoms with Gasteiger partial charge in [-0.15, -0.1) is 0 Å². The number of hydrogen-bond acceptors (Lipinski definition) is 5. The number of halogens is 1. The van der Waals surface area contributed by atoms with Crippen molar-refractivity contribution in [2.75, 3.05) is 13.7 Å². The summed E-state index contributed by atoms with van der Waals surface area (Å²) in [5.41, 5.74) is 3.44. The molecule has 0 radical (unpaired) electrons. The third-order valence-electron chi connectivity index (χ3n) is 5.21. The predicted octanol–water partition coefficient (Wildman–Crippen LogP) is 5.91. The highest BCUT2D eigenvalue weighted by atomic mass is 35.5. The first-order chi connectivity index (χ1) is 15.5. The average Bonchev–Trinajstić information content (AvgIpc) is 2.83. The summed E-state index contributed by atoms with van der Waals surface area (Å²) >= 11 is 6.40. The van der Waals surface area contributed by atoms with Crippen molar-refractivity contribution in [3.05, 3.63) is 94.5 Å². The molecule has 0 amide bonds. The summed E-state index contributed by atoms with van der Waals surface area (Å²) in [6, 6.07) is 21.4. The molecule has 0 spiro atoms. The summed E-state index contributed by atoms with van der Waals surface area (Å²) in [5, 5.41) is 1.01. The number of ketones is 1. The molecular weight excluding hydrogens is 426 g/mol. The largest absolute Gasteiger partial charge is 0.497 e. The molecule has 3 aromatic carbocycles. The smallest absolute Gasteiger partial charge is 0.339 e. The number of nitrogens with zero attached hydrogens (tertiary/aromatic N) is 1. The summed E-state index contributed by atoms with van der Waals surface area (Å²) in [7, 11) is 1.55. The second-order valence-corrected chi connectivity index (χ2v) is 7.60. The van der Waals surface area contributed by atoms with Crippen LogP contribution < -0.4 is 4.74 Å². The topological polar surface area (TPSA) is 65.5 Å². The number of carbonyl (C=O) groups is 2. The monoisotopic (exact) mass is 445 g/mol. The highest BCUT2D eigenvalue weighted by Gasteiger charge is 2.22. The number of fused-ring (bicyclic) bond motifs is 1. The van der Waals surface area contributed by atoms with Crippen LogP contribution in [-0.2, 0) is 4.74 Å². The summed E-state index contributed by atoms with van der Waals surface area (Å²) in [6.45, 7) is 1.44. The second kappa shape index (κ2) is 9.20. The number of ether oxygens (including phenoxy) is 2. The van der Waals surface area contributed by atoms with Crippen LogP contribution in [0.25, 0.3) is 22.2 Å². The van der Waals surface area contributed by atoms with Crippen LogP contribution in [-0.4, -0.2) is 30.5 Å². The molecule has 4 rings (SSSR count). The SMILES string of the molecule is COc1ccc(C(=O)COC(=O)c2c(C)c(-c3ccccc3)nc3c(Cl)cccc23)cc1. The van der Waals surface area contributed by atoms with E-state index >= 15 is 0 Å². The Labute approximate surface area is 190 Å². The second-order valence-electron chi connectivity index (χ2n) is 7.19. The fraction of sp³-hybridized carbons (Fsp3) is 0.115. The van der Waals surface area contributed by atoms with E-state index in [9.17, 15) is 9.59 Å². The van der Waals surface area contributed by atoms with Crippen molar-refractivity contribution in [1.82, 2.24) is 4.98 Å². The van der Waals surface area contributed by atoms with Crippen molar-refractivity contribution in [1.29, 1.82) is 0 Å². The van der Waals surface area contributed by atoms with Crippen LogP contribution in [0.2, 0.25) is 5.02 Å². The van der Waals surface area contributed by atoms with Crippen LogP contribution >= 0.6 is 11.6 Å². The zero-order chi connectivity index (χ0) is 22.7. The molecule has 0 unspecified atom stereocenters. The molecule has 1 aromatic heterocycles. The highest BCUT2D eigenvalue weighted by molar-refractivity contribution is 6.35. The Balaban J connectivity index is 1.69. The molecule has 6 heteroatoms. The molecule has 1 heterocycles. The van der Waals surface area contributed by atoms with Gasteiger partial charge in [-0.2, -0.15) is 0 Å². The molecule has 4 aromatic rings. The van der Waals surface area contributed by atoms with Crippen LogP contribution in [0.3, 0.4) is 0 Å². The van der Waals surface area contributed by atoms with Gasteiger partial charge < -0.3 is 9.47 Å². The van der Waals surface area contributed by atoms with Gasteiger partial charge in [0.25, 0.3) is 0 Å². The molecule has 0 fully saturated rings. The minimum absolute atomic E-state index is 0.307. The van der Waals surface area contributed by atoms with Crippen molar-refractivity contribution in [3.63, 3.8) is 0 Å². The third kappa shape index (κ3) is 4.20. The van der Waals surface area contributed by atoms with E-state index in [1.807, 2.05) is 37.3 Å². The van der Waals surface area contributed by atoms with Gasteiger partial charge in [0.15, 0.2) is 12.4 Å². The summed E-state index contributed by atoms with van der Waals surface area (Å²) in [4.78, 5) is 30.4. The molecule has 0 N–H and O–H groups in total. The molecular formula is C26H20ClNO4. The fourth-order valence-electron chi connectivity index (χ4n) is 3.55. The molecule has 0 bridgehead atoms. The number of Topliss-reactive ketones (excluding diaryl/α,β-unsaturated/α-hetero) is 1. The maximum atomic E-state index is 13.1. The first kappa shape index (κ1) is 21.5. The number of aromatic nitrogens is 1. The number of esters is 1. The number of para-hydroxylation sites is 1. The van der Waals surface area contributed by atoms with E-state index in [0.717, 1.165) is 5.56 Å². The van der Waals surface area contributed by atoms with E-state index in [2.05, 4.69) is 0 Å². The first-order valence-corrected chi connectivity index (χ1v) is 10.4. The van der Waals surface area contributed by atoms with Crippen molar-refractivity contribution in [2.45, 2.75) is 6.92 Å².